The van der Waals surface area contributed by atoms with Gasteiger partial charge in [0.15, 0.2) is 0 Å². The molecule has 0 atom stereocenters. The van der Waals surface area contributed by atoms with Crippen LogP contribution in [0.5, 0.6) is 5.75 Å². The van der Waals surface area contributed by atoms with Gasteiger partial charge in [-0.1, -0.05) is 11.6 Å². The molecule has 3 N–H and O–H groups in total. The van der Waals surface area contributed by atoms with Crippen molar-refractivity contribution in [3.8, 4) is 16.9 Å². The molecule has 1 aliphatic heterocycles. The van der Waals surface area contributed by atoms with Gasteiger partial charge in [-0.3, -0.25) is 9.78 Å². The van der Waals surface area contributed by atoms with Crippen molar-refractivity contribution < 1.29 is 9.47 Å². The van der Waals surface area contributed by atoms with E-state index in [-0.39, 0.29) is 16.9 Å². The van der Waals surface area contributed by atoms with Crippen molar-refractivity contribution in [3.05, 3.63) is 33.6 Å². The van der Waals surface area contributed by atoms with Gasteiger partial charge in [0.25, 0.3) is 5.56 Å². The molecule has 2 aromatic rings. The summed E-state index contributed by atoms with van der Waals surface area (Å²) in [4.78, 5) is 21.6. The van der Waals surface area contributed by atoms with E-state index in [1.54, 1.807) is 18.2 Å². The second-order valence-corrected chi connectivity index (χ2v) is 5.53. The second-order valence-electron chi connectivity index (χ2n) is 5.09. The highest BCUT2D eigenvalue weighted by Crippen LogP contribution is 2.33. The Balaban J connectivity index is 2.08. The maximum Gasteiger partial charge on any atom is 0.262 e. The summed E-state index contributed by atoms with van der Waals surface area (Å²) < 4.78 is 10.6. The standard InChI is InChI=1S/C15H17ClN4O3/c1-22-11-3-2-9(16)8-10(11)12-13(17)18-15(19-14(12)21)20-4-6-23-7-5-20/h2-3,8H,4-7H2,1H3,(H3,17,18,19,21). The topological polar surface area (TPSA) is 93.5 Å². The molecular weight excluding hydrogens is 320 g/mol. The number of nitrogens with zero attached hydrogens (tertiary/aromatic N) is 2. The molecule has 0 unspecified atom stereocenters. The van der Waals surface area contributed by atoms with Crippen molar-refractivity contribution in [2.24, 2.45) is 0 Å². The average molecular weight is 337 g/mol. The number of nitrogens with one attached hydrogen (secondary N) is 1. The molecular formula is C15H17ClN4O3. The van der Waals surface area contributed by atoms with Crippen LogP contribution in [0, 0.1) is 0 Å². The molecule has 1 aromatic heterocycles. The lowest BCUT2D eigenvalue weighted by molar-refractivity contribution is 0.122. The molecule has 1 aliphatic rings. The SMILES string of the molecule is COc1ccc(Cl)cc1-c1c(N)nc(N2CCOCC2)[nH]c1=O. The Labute approximate surface area is 138 Å². The number of aromatic amines is 1. The fourth-order valence-corrected chi connectivity index (χ4v) is 2.71. The van der Waals surface area contributed by atoms with E-state index < -0.39 is 0 Å². The number of anilines is 2. The number of halogens is 1. The first-order valence-corrected chi connectivity index (χ1v) is 7.54. The summed E-state index contributed by atoms with van der Waals surface area (Å²) in [5, 5.41) is 0.483. The molecule has 0 radical (unpaired) electrons. The minimum absolute atomic E-state index is 0.135. The number of hydrogen-bond acceptors (Lipinski definition) is 6. The molecule has 23 heavy (non-hydrogen) atoms. The van der Waals surface area contributed by atoms with Crippen LogP contribution in [-0.4, -0.2) is 43.4 Å². The van der Waals surface area contributed by atoms with E-state index in [4.69, 9.17) is 26.8 Å². The zero-order valence-corrected chi connectivity index (χ0v) is 13.4. The molecule has 0 spiro atoms. The number of methoxy groups -OCH3 is 1. The van der Waals surface area contributed by atoms with Crippen molar-refractivity contribution in [2.75, 3.05) is 44.0 Å². The van der Waals surface area contributed by atoms with Gasteiger partial charge in [0.1, 0.15) is 11.6 Å². The van der Waals surface area contributed by atoms with E-state index in [1.807, 2.05) is 4.90 Å². The Morgan fingerprint density at radius 1 is 1.39 bits per heavy atom. The van der Waals surface area contributed by atoms with Crippen LogP contribution < -0.4 is 20.9 Å². The van der Waals surface area contributed by atoms with Crippen molar-refractivity contribution in [3.63, 3.8) is 0 Å². The molecule has 1 aromatic carbocycles. The maximum atomic E-state index is 12.6. The molecule has 122 valence electrons. The smallest absolute Gasteiger partial charge is 0.262 e. The van der Waals surface area contributed by atoms with E-state index in [0.717, 1.165) is 0 Å². The molecule has 7 nitrogen and oxygen atoms in total. The van der Waals surface area contributed by atoms with Crippen LogP contribution in [0.25, 0.3) is 11.1 Å². The third-order valence-corrected chi connectivity index (χ3v) is 3.91. The van der Waals surface area contributed by atoms with Crippen LogP contribution in [0.2, 0.25) is 5.02 Å². The van der Waals surface area contributed by atoms with Crippen molar-refractivity contribution in [2.45, 2.75) is 0 Å². The van der Waals surface area contributed by atoms with E-state index in [9.17, 15) is 4.79 Å². The predicted octanol–water partition coefficient (Wildman–Crippen LogP) is 1.52. The first-order valence-electron chi connectivity index (χ1n) is 7.16. The zero-order chi connectivity index (χ0) is 16.4. The first-order chi connectivity index (χ1) is 11.1. The molecule has 8 heteroatoms. The zero-order valence-electron chi connectivity index (χ0n) is 12.6. The van der Waals surface area contributed by atoms with Gasteiger partial charge in [-0.25, -0.2) is 0 Å². The Hall–Kier alpha value is -2.25. The average Bonchev–Trinajstić information content (AvgIpc) is 2.55. The third kappa shape index (κ3) is 3.11. The second kappa shape index (κ2) is 6.47. The number of morpholine rings is 1. The van der Waals surface area contributed by atoms with Crippen LogP contribution >= 0.6 is 11.6 Å². The largest absolute Gasteiger partial charge is 0.496 e. The van der Waals surface area contributed by atoms with Gasteiger partial charge in [0.2, 0.25) is 5.95 Å². The molecule has 3 rings (SSSR count). The van der Waals surface area contributed by atoms with Crippen molar-refractivity contribution in [1.82, 2.24) is 9.97 Å². The first kappa shape index (κ1) is 15.6. The lowest BCUT2D eigenvalue weighted by Gasteiger charge is -2.27. The Morgan fingerprint density at radius 3 is 2.78 bits per heavy atom. The minimum Gasteiger partial charge on any atom is -0.496 e. The van der Waals surface area contributed by atoms with E-state index in [0.29, 0.717) is 48.6 Å². The monoisotopic (exact) mass is 336 g/mol. The van der Waals surface area contributed by atoms with E-state index in [2.05, 4.69) is 9.97 Å². The Kier molecular flexibility index (Phi) is 4.40. The van der Waals surface area contributed by atoms with Crippen LogP contribution in [0.15, 0.2) is 23.0 Å². The molecule has 0 bridgehead atoms. The van der Waals surface area contributed by atoms with Crippen LogP contribution in [0.1, 0.15) is 0 Å². The normalized spacial score (nSPS) is 14.8. The van der Waals surface area contributed by atoms with Crippen LogP contribution in [0.3, 0.4) is 0 Å². The van der Waals surface area contributed by atoms with Gasteiger partial charge < -0.3 is 20.1 Å². The summed E-state index contributed by atoms with van der Waals surface area (Å²) >= 11 is 6.03. The van der Waals surface area contributed by atoms with Crippen LogP contribution in [0.4, 0.5) is 11.8 Å². The molecule has 1 fully saturated rings. The molecule has 2 heterocycles. The number of aromatic nitrogens is 2. The third-order valence-electron chi connectivity index (χ3n) is 3.68. The predicted molar refractivity (Wildman–Crippen MR) is 89.3 cm³/mol. The number of hydrogen-bond donors (Lipinski definition) is 2. The highest BCUT2D eigenvalue weighted by molar-refractivity contribution is 6.31. The molecule has 0 amide bonds. The molecule has 1 saturated heterocycles. The highest BCUT2D eigenvalue weighted by Gasteiger charge is 2.19. The summed E-state index contributed by atoms with van der Waals surface area (Å²) in [5.41, 5.74) is 6.48. The Bertz CT molecular complexity index is 772. The summed E-state index contributed by atoms with van der Waals surface area (Å²) in [6, 6.07) is 5.01. The number of benzene rings is 1. The summed E-state index contributed by atoms with van der Waals surface area (Å²) in [5.74, 6) is 1.09. The van der Waals surface area contributed by atoms with E-state index in [1.165, 1.54) is 7.11 Å². The van der Waals surface area contributed by atoms with Gasteiger partial charge in [-0.2, -0.15) is 4.98 Å². The minimum atomic E-state index is -0.334. The van der Waals surface area contributed by atoms with Gasteiger partial charge >= 0.3 is 0 Å². The van der Waals surface area contributed by atoms with Gasteiger partial charge in [0.05, 0.1) is 25.9 Å². The fourth-order valence-electron chi connectivity index (χ4n) is 2.54. The van der Waals surface area contributed by atoms with Gasteiger partial charge in [0, 0.05) is 23.7 Å². The van der Waals surface area contributed by atoms with Crippen LogP contribution in [-0.2, 0) is 4.74 Å². The molecule has 0 saturated carbocycles. The number of nitrogens with two attached hydrogens (primary N) is 1. The van der Waals surface area contributed by atoms with E-state index >= 15 is 0 Å². The summed E-state index contributed by atoms with van der Waals surface area (Å²) in [7, 11) is 1.52. The summed E-state index contributed by atoms with van der Waals surface area (Å²) in [6.45, 7) is 2.49. The fraction of sp³-hybridized carbons (Fsp3) is 0.333. The number of nitrogen functional groups attached to an aromatic ring is 1. The van der Waals surface area contributed by atoms with Crippen molar-refractivity contribution in [1.29, 1.82) is 0 Å². The maximum absolute atomic E-state index is 12.6. The highest BCUT2D eigenvalue weighted by atomic mass is 35.5. The number of H-pyrrole nitrogens is 1. The lowest BCUT2D eigenvalue weighted by atomic mass is 10.1. The Morgan fingerprint density at radius 2 is 2.13 bits per heavy atom. The van der Waals surface area contributed by atoms with Crippen molar-refractivity contribution >= 4 is 23.4 Å². The molecule has 0 aliphatic carbocycles. The summed E-state index contributed by atoms with van der Waals surface area (Å²) in [6.07, 6.45) is 0. The van der Waals surface area contributed by atoms with Gasteiger partial charge in [-0.05, 0) is 18.2 Å². The van der Waals surface area contributed by atoms with Gasteiger partial charge in [-0.15, -0.1) is 0 Å². The quantitative estimate of drug-likeness (QED) is 0.882. The number of rotatable bonds is 3. The lowest BCUT2D eigenvalue weighted by Crippen LogP contribution is -2.38. The number of ether oxygens (including phenoxy) is 2.